The van der Waals surface area contributed by atoms with Gasteiger partial charge in [-0.1, -0.05) is 55.0 Å². The summed E-state index contributed by atoms with van der Waals surface area (Å²) in [5.41, 5.74) is 2.32. The molecule has 0 aliphatic carbocycles. The number of nitrogens with zero attached hydrogens (tertiary/aromatic N) is 1. The van der Waals surface area contributed by atoms with E-state index in [0.29, 0.717) is 24.5 Å². The number of anilines is 1. The highest BCUT2D eigenvalue weighted by Crippen LogP contribution is 2.26. The highest BCUT2D eigenvalue weighted by molar-refractivity contribution is 7.92. The van der Waals surface area contributed by atoms with E-state index in [4.69, 9.17) is 4.74 Å². The molecule has 33 heavy (non-hydrogen) atoms. The standard InChI is InChI=1S/C26H30N2O4S/c1-4-25(21-9-7-6-8-10-21)27-26(29)19-28(22-13-15-23(16-14-22)32-5-2)33(30,31)24-17-11-20(3)12-18-24/h6-18,25H,4-5,19H2,1-3H3,(H,27,29)/t25-/m0/s1. The molecule has 1 atom stereocenters. The van der Waals surface area contributed by atoms with Gasteiger partial charge in [-0.3, -0.25) is 9.10 Å². The molecule has 3 aromatic carbocycles. The van der Waals surface area contributed by atoms with Crippen LogP contribution in [0.1, 0.15) is 37.4 Å². The number of benzene rings is 3. The van der Waals surface area contributed by atoms with E-state index >= 15 is 0 Å². The van der Waals surface area contributed by atoms with Crippen LogP contribution in [0.4, 0.5) is 5.69 Å². The number of hydrogen-bond acceptors (Lipinski definition) is 4. The number of aryl methyl sites for hydroxylation is 1. The van der Waals surface area contributed by atoms with Crippen molar-refractivity contribution < 1.29 is 17.9 Å². The topological polar surface area (TPSA) is 75.7 Å². The number of carbonyl (C=O) groups excluding carboxylic acids is 1. The van der Waals surface area contributed by atoms with Crippen molar-refractivity contribution in [3.63, 3.8) is 0 Å². The van der Waals surface area contributed by atoms with Crippen molar-refractivity contribution in [1.29, 1.82) is 0 Å². The van der Waals surface area contributed by atoms with E-state index in [1.165, 1.54) is 0 Å². The summed E-state index contributed by atoms with van der Waals surface area (Å²) in [4.78, 5) is 13.2. The van der Waals surface area contributed by atoms with Crippen LogP contribution in [-0.2, 0) is 14.8 Å². The highest BCUT2D eigenvalue weighted by atomic mass is 32.2. The zero-order chi connectivity index (χ0) is 23.8. The summed E-state index contributed by atoms with van der Waals surface area (Å²) in [6.45, 7) is 5.91. The average molecular weight is 467 g/mol. The van der Waals surface area contributed by atoms with Crippen LogP contribution >= 0.6 is 0 Å². The molecule has 7 heteroatoms. The van der Waals surface area contributed by atoms with E-state index in [0.717, 1.165) is 15.4 Å². The summed E-state index contributed by atoms with van der Waals surface area (Å²) < 4.78 is 33.7. The number of nitrogens with one attached hydrogen (secondary N) is 1. The van der Waals surface area contributed by atoms with Crippen LogP contribution in [0, 0.1) is 6.92 Å². The van der Waals surface area contributed by atoms with Crippen molar-refractivity contribution in [3.05, 3.63) is 90.0 Å². The summed E-state index contributed by atoms with van der Waals surface area (Å²) in [5, 5.41) is 2.98. The van der Waals surface area contributed by atoms with E-state index in [2.05, 4.69) is 5.32 Å². The lowest BCUT2D eigenvalue weighted by Gasteiger charge is -2.26. The van der Waals surface area contributed by atoms with Crippen LogP contribution in [0.5, 0.6) is 5.75 Å². The molecule has 0 aromatic heterocycles. The van der Waals surface area contributed by atoms with Crippen LogP contribution in [-0.4, -0.2) is 27.5 Å². The first-order chi connectivity index (χ1) is 15.8. The second-order valence-electron chi connectivity index (χ2n) is 7.69. The molecule has 0 unspecified atom stereocenters. The Hall–Kier alpha value is -3.32. The van der Waals surface area contributed by atoms with Gasteiger partial charge in [-0.25, -0.2) is 8.42 Å². The Morgan fingerprint density at radius 1 is 0.939 bits per heavy atom. The molecule has 174 valence electrons. The molecule has 0 bridgehead atoms. The Balaban J connectivity index is 1.91. The second-order valence-corrected chi connectivity index (χ2v) is 9.55. The molecule has 3 aromatic rings. The molecular formula is C26H30N2O4S. The summed E-state index contributed by atoms with van der Waals surface area (Å²) in [6, 6.07) is 22.7. The lowest BCUT2D eigenvalue weighted by Crippen LogP contribution is -2.42. The van der Waals surface area contributed by atoms with Gasteiger partial charge in [0.15, 0.2) is 0 Å². The monoisotopic (exact) mass is 466 g/mol. The molecule has 0 spiro atoms. The Kier molecular flexibility index (Phi) is 8.11. The van der Waals surface area contributed by atoms with Gasteiger partial charge >= 0.3 is 0 Å². The molecular weight excluding hydrogens is 436 g/mol. The lowest BCUT2D eigenvalue weighted by atomic mass is 10.0. The van der Waals surface area contributed by atoms with Gasteiger partial charge in [-0.2, -0.15) is 0 Å². The lowest BCUT2D eigenvalue weighted by molar-refractivity contribution is -0.120. The van der Waals surface area contributed by atoms with Crippen molar-refractivity contribution in [2.75, 3.05) is 17.5 Å². The van der Waals surface area contributed by atoms with Crippen molar-refractivity contribution in [2.45, 2.75) is 38.1 Å². The Morgan fingerprint density at radius 3 is 2.15 bits per heavy atom. The first-order valence-electron chi connectivity index (χ1n) is 11.0. The number of carbonyl (C=O) groups is 1. The van der Waals surface area contributed by atoms with Gasteiger partial charge in [-0.05, 0) is 62.2 Å². The van der Waals surface area contributed by atoms with E-state index in [1.807, 2.05) is 51.1 Å². The Labute approximate surface area is 196 Å². The minimum atomic E-state index is -3.97. The fourth-order valence-electron chi connectivity index (χ4n) is 3.50. The maximum atomic E-state index is 13.5. The molecule has 0 radical (unpaired) electrons. The molecule has 1 N–H and O–H groups in total. The SMILES string of the molecule is CCOc1ccc(N(CC(=O)N[C@@H](CC)c2ccccc2)S(=O)(=O)c2ccc(C)cc2)cc1. The second kappa shape index (κ2) is 11.0. The zero-order valence-corrected chi connectivity index (χ0v) is 20.0. The van der Waals surface area contributed by atoms with E-state index in [1.54, 1.807) is 48.5 Å². The van der Waals surface area contributed by atoms with Crippen molar-refractivity contribution in [1.82, 2.24) is 5.32 Å². The van der Waals surface area contributed by atoms with Crippen molar-refractivity contribution >= 4 is 21.6 Å². The molecule has 0 fully saturated rings. The third kappa shape index (κ3) is 6.14. The van der Waals surface area contributed by atoms with E-state index in [9.17, 15) is 13.2 Å². The maximum Gasteiger partial charge on any atom is 0.264 e. The number of hydrogen-bond donors (Lipinski definition) is 1. The third-order valence-corrected chi connectivity index (χ3v) is 7.07. The van der Waals surface area contributed by atoms with Crippen LogP contribution in [0.2, 0.25) is 0 Å². The van der Waals surface area contributed by atoms with Gasteiger partial charge in [0, 0.05) is 0 Å². The number of sulfonamides is 1. The summed E-state index contributed by atoms with van der Waals surface area (Å²) >= 11 is 0. The third-order valence-electron chi connectivity index (χ3n) is 5.28. The van der Waals surface area contributed by atoms with Gasteiger partial charge in [0.1, 0.15) is 12.3 Å². The van der Waals surface area contributed by atoms with Crippen LogP contribution in [0.3, 0.4) is 0 Å². The van der Waals surface area contributed by atoms with Gasteiger partial charge in [0.2, 0.25) is 5.91 Å². The first kappa shape index (κ1) is 24.3. The molecule has 0 heterocycles. The Bertz CT molecular complexity index is 1150. The minimum Gasteiger partial charge on any atom is -0.494 e. The van der Waals surface area contributed by atoms with Gasteiger partial charge in [0.05, 0.1) is 23.2 Å². The predicted octanol–water partition coefficient (Wildman–Crippen LogP) is 4.86. The smallest absolute Gasteiger partial charge is 0.264 e. The minimum absolute atomic E-state index is 0.130. The number of amides is 1. The summed E-state index contributed by atoms with van der Waals surface area (Å²) in [7, 11) is -3.97. The van der Waals surface area contributed by atoms with Gasteiger partial charge in [0.25, 0.3) is 10.0 Å². The first-order valence-corrected chi connectivity index (χ1v) is 12.5. The summed E-state index contributed by atoms with van der Waals surface area (Å²) in [6.07, 6.45) is 0.684. The zero-order valence-electron chi connectivity index (χ0n) is 19.2. The predicted molar refractivity (Wildman–Crippen MR) is 131 cm³/mol. The fourth-order valence-corrected chi connectivity index (χ4v) is 4.93. The fraction of sp³-hybridized carbons (Fsp3) is 0.269. The van der Waals surface area contributed by atoms with E-state index < -0.39 is 10.0 Å². The summed E-state index contributed by atoms with van der Waals surface area (Å²) in [5.74, 6) is 0.254. The molecule has 0 aliphatic heterocycles. The van der Waals surface area contributed by atoms with E-state index in [-0.39, 0.29) is 23.4 Å². The molecule has 1 amide bonds. The van der Waals surface area contributed by atoms with Crippen LogP contribution < -0.4 is 14.4 Å². The highest BCUT2D eigenvalue weighted by Gasteiger charge is 2.28. The largest absolute Gasteiger partial charge is 0.494 e. The molecule has 3 rings (SSSR count). The quantitative estimate of drug-likeness (QED) is 0.463. The van der Waals surface area contributed by atoms with Gasteiger partial charge < -0.3 is 10.1 Å². The van der Waals surface area contributed by atoms with Crippen LogP contribution in [0.15, 0.2) is 83.8 Å². The average Bonchev–Trinajstić information content (AvgIpc) is 2.82. The number of rotatable bonds is 10. The van der Waals surface area contributed by atoms with Crippen LogP contribution in [0.25, 0.3) is 0 Å². The van der Waals surface area contributed by atoms with Crippen molar-refractivity contribution in [2.24, 2.45) is 0 Å². The molecule has 0 saturated carbocycles. The van der Waals surface area contributed by atoms with Gasteiger partial charge in [-0.15, -0.1) is 0 Å². The Morgan fingerprint density at radius 2 is 1.58 bits per heavy atom. The normalized spacial score (nSPS) is 12.1. The molecule has 0 saturated heterocycles. The number of ether oxygens (including phenoxy) is 1. The molecule has 0 aliphatic rings. The maximum absolute atomic E-state index is 13.5. The van der Waals surface area contributed by atoms with Crippen molar-refractivity contribution in [3.8, 4) is 5.75 Å². The molecule has 6 nitrogen and oxygen atoms in total.